The van der Waals surface area contributed by atoms with Gasteiger partial charge in [-0.15, -0.1) is 0 Å². The highest BCUT2D eigenvalue weighted by Crippen LogP contribution is 2.46. The number of carbonyl (C=O) groups excluding carboxylic acids is 1. The molecule has 0 aliphatic carbocycles. The van der Waals surface area contributed by atoms with Gasteiger partial charge in [0.15, 0.2) is 5.82 Å². The van der Waals surface area contributed by atoms with Gasteiger partial charge in [0.25, 0.3) is 0 Å². The SMILES string of the molecule is CCOC(=O)CCc1ccc2c(c1)N(COC)c1nccnc1S2. The number of aryl methyl sites for hydroxylation is 1. The van der Waals surface area contributed by atoms with Gasteiger partial charge in [-0.1, -0.05) is 17.8 Å². The molecule has 0 spiro atoms. The molecule has 0 bridgehead atoms. The molecular weight excluding hydrogens is 326 g/mol. The van der Waals surface area contributed by atoms with Crippen LogP contribution in [0.5, 0.6) is 0 Å². The van der Waals surface area contributed by atoms with Crippen LogP contribution >= 0.6 is 11.8 Å². The quantitative estimate of drug-likeness (QED) is 0.745. The largest absolute Gasteiger partial charge is 0.466 e. The molecule has 126 valence electrons. The van der Waals surface area contributed by atoms with E-state index in [1.54, 1.807) is 31.3 Å². The molecule has 0 N–H and O–H groups in total. The summed E-state index contributed by atoms with van der Waals surface area (Å²) in [4.78, 5) is 23.5. The topological polar surface area (TPSA) is 64.5 Å². The summed E-state index contributed by atoms with van der Waals surface area (Å²) in [5.74, 6) is 0.619. The van der Waals surface area contributed by atoms with Gasteiger partial charge in [-0.05, 0) is 31.0 Å². The van der Waals surface area contributed by atoms with Gasteiger partial charge in [0.05, 0.1) is 12.3 Å². The van der Waals surface area contributed by atoms with Crippen molar-refractivity contribution in [1.82, 2.24) is 9.97 Å². The Kier molecular flexibility index (Phi) is 5.32. The number of methoxy groups -OCH3 is 1. The number of aromatic nitrogens is 2. The third-order valence-electron chi connectivity index (χ3n) is 3.60. The maximum atomic E-state index is 11.6. The second-order valence-corrected chi connectivity index (χ2v) is 6.27. The molecule has 0 amide bonds. The average Bonchev–Trinajstić information content (AvgIpc) is 2.60. The first kappa shape index (κ1) is 16.7. The molecule has 24 heavy (non-hydrogen) atoms. The molecule has 0 fully saturated rings. The highest BCUT2D eigenvalue weighted by Gasteiger charge is 2.25. The first-order chi connectivity index (χ1) is 11.7. The molecule has 2 aromatic rings. The van der Waals surface area contributed by atoms with Crippen LogP contribution in [0.25, 0.3) is 0 Å². The molecule has 6 nitrogen and oxygen atoms in total. The zero-order chi connectivity index (χ0) is 16.9. The van der Waals surface area contributed by atoms with Crippen LogP contribution in [-0.4, -0.2) is 36.4 Å². The Morgan fingerprint density at radius 1 is 1.29 bits per heavy atom. The summed E-state index contributed by atoms with van der Waals surface area (Å²) >= 11 is 1.59. The lowest BCUT2D eigenvalue weighted by atomic mass is 10.1. The molecule has 1 aromatic heterocycles. The number of hydrogen-bond donors (Lipinski definition) is 0. The standard InChI is InChI=1S/C17H19N3O3S/c1-3-23-15(21)7-5-12-4-6-14-13(10-12)20(11-22-2)16-17(24-14)19-9-8-18-16/h4,6,8-10H,3,5,7,11H2,1-2H3. The Labute approximate surface area is 145 Å². The van der Waals surface area contributed by atoms with Crippen molar-refractivity contribution in [3.8, 4) is 0 Å². The fraction of sp³-hybridized carbons (Fsp3) is 0.353. The molecule has 0 unspecified atom stereocenters. The van der Waals surface area contributed by atoms with Gasteiger partial charge >= 0.3 is 5.97 Å². The van der Waals surface area contributed by atoms with Crippen LogP contribution in [0.2, 0.25) is 0 Å². The Morgan fingerprint density at radius 2 is 2.12 bits per heavy atom. The molecule has 2 heterocycles. The second-order valence-electron chi connectivity index (χ2n) is 5.24. The van der Waals surface area contributed by atoms with E-state index in [1.165, 1.54) is 0 Å². The normalized spacial score (nSPS) is 12.5. The van der Waals surface area contributed by atoms with Crippen LogP contribution in [0, 0.1) is 0 Å². The average molecular weight is 345 g/mol. The minimum absolute atomic E-state index is 0.172. The highest BCUT2D eigenvalue weighted by atomic mass is 32.2. The van der Waals surface area contributed by atoms with Crippen molar-refractivity contribution >= 4 is 29.2 Å². The van der Waals surface area contributed by atoms with Crippen molar-refractivity contribution in [1.29, 1.82) is 0 Å². The van der Waals surface area contributed by atoms with E-state index in [9.17, 15) is 4.79 Å². The zero-order valence-corrected chi connectivity index (χ0v) is 14.5. The molecular formula is C17H19N3O3S. The monoisotopic (exact) mass is 345 g/mol. The minimum atomic E-state index is -0.172. The smallest absolute Gasteiger partial charge is 0.306 e. The lowest BCUT2D eigenvalue weighted by molar-refractivity contribution is -0.143. The van der Waals surface area contributed by atoms with E-state index < -0.39 is 0 Å². The maximum absolute atomic E-state index is 11.6. The van der Waals surface area contributed by atoms with E-state index >= 15 is 0 Å². The van der Waals surface area contributed by atoms with Crippen molar-refractivity contribution in [2.75, 3.05) is 25.3 Å². The Balaban J connectivity index is 1.86. The van der Waals surface area contributed by atoms with E-state index in [2.05, 4.69) is 22.1 Å². The fourth-order valence-corrected chi connectivity index (χ4v) is 3.53. The van der Waals surface area contributed by atoms with E-state index in [-0.39, 0.29) is 5.97 Å². The number of rotatable bonds is 6. The van der Waals surface area contributed by atoms with Crippen LogP contribution in [-0.2, 0) is 20.7 Å². The predicted molar refractivity (Wildman–Crippen MR) is 91.6 cm³/mol. The zero-order valence-electron chi connectivity index (χ0n) is 13.7. The number of ether oxygens (including phenoxy) is 2. The number of nitrogens with zero attached hydrogens (tertiary/aromatic N) is 3. The van der Waals surface area contributed by atoms with E-state index in [0.717, 1.165) is 27.0 Å². The Hall–Kier alpha value is -2.12. The van der Waals surface area contributed by atoms with Gasteiger partial charge in [-0.2, -0.15) is 0 Å². The van der Waals surface area contributed by atoms with Crippen molar-refractivity contribution in [2.24, 2.45) is 0 Å². The summed E-state index contributed by atoms with van der Waals surface area (Å²) in [6.45, 7) is 2.62. The molecule has 1 aliphatic heterocycles. The Bertz CT molecular complexity index is 739. The van der Waals surface area contributed by atoms with Gasteiger partial charge in [0.2, 0.25) is 0 Å². The summed E-state index contributed by atoms with van der Waals surface area (Å²) in [6, 6.07) is 6.18. The third kappa shape index (κ3) is 3.52. The van der Waals surface area contributed by atoms with Gasteiger partial charge < -0.3 is 9.47 Å². The van der Waals surface area contributed by atoms with Gasteiger partial charge in [-0.25, -0.2) is 9.97 Å². The molecule has 1 aromatic carbocycles. The number of hydrogen-bond acceptors (Lipinski definition) is 7. The summed E-state index contributed by atoms with van der Waals surface area (Å²) in [6.07, 6.45) is 4.39. The Morgan fingerprint density at radius 3 is 2.92 bits per heavy atom. The number of anilines is 2. The highest BCUT2D eigenvalue weighted by molar-refractivity contribution is 7.99. The van der Waals surface area contributed by atoms with Crippen LogP contribution in [0.1, 0.15) is 18.9 Å². The van der Waals surface area contributed by atoms with E-state index in [1.807, 2.05) is 17.9 Å². The second kappa shape index (κ2) is 7.63. The lowest BCUT2D eigenvalue weighted by Crippen LogP contribution is -2.24. The van der Waals surface area contributed by atoms with Gasteiger partial charge in [0.1, 0.15) is 11.8 Å². The first-order valence-electron chi connectivity index (χ1n) is 7.76. The summed E-state index contributed by atoms with van der Waals surface area (Å²) in [5.41, 5.74) is 2.10. The van der Waals surface area contributed by atoms with Crippen LogP contribution in [0.15, 0.2) is 40.5 Å². The molecule has 3 rings (SSSR count). The minimum Gasteiger partial charge on any atom is -0.466 e. The number of esters is 1. The number of benzene rings is 1. The molecule has 0 atom stereocenters. The van der Waals surface area contributed by atoms with Crippen LogP contribution < -0.4 is 4.90 Å². The summed E-state index contributed by atoms with van der Waals surface area (Å²) in [5, 5.41) is 0.862. The summed E-state index contributed by atoms with van der Waals surface area (Å²) < 4.78 is 10.3. The van der Waals surface area contributed by atoms with Gasteiger partial charge in [-0.3, -0.25) is 9.69 Å². The van der Waals surface area contributed by atoms with Crippen LogP contribution in [0.3, 0.4) is 0 Å². The first-order valence-corrected chi connectivity index (χ1v) is 8.58. The lowest BCUT2D eigenvalue weighted by Gasteiger charge is -2.30. The maximum Gasteiger partial charge on any atom is 0.306 e. The van der Waals surface area contributed by atoms with Gasteiger partial charge in [0, 0.05) is 30.8 Å². The fourth-order valence-electron chi connectivity index (χ4n) is 2.55. The third-order valence-corrected chi connectivity index (χ3v) is 4.65. The summed E-state index contributed by atoms with van der Waals surface area (Å²) in [7, 11) is 1.65. The van der Waals surface area contributed by atoms with E-state index in [0.29, 0.717) is 26.2 Å². The molecule has 7 heteroatoms. The van der Waals surface area contributed by atoms with Crippen molar-refractivity contribution < 1.29 is 14.3 Å². The molecule has 1 aliphatic rings. The van der Waals surface area contributed by atoms with Crippen molar-refractivity contribution in [2.45, 2.75) is 29.7 Å². The van der Waals surface area contributed by atoms with Crippen molar-refractivity contribution in [3.05, 3.63) is 36.2 Å². The van der Waals surface area contributed by atoms with Crippen LogP contribution in [0.4, 0.5) is 11.5 Å². The van der Waals surface area contributed by atoms with Crippen molar-refractivity contribution in [3.63, 3.8) is 0 Å². The molecule has 0 radical (unpaired) electrons. The predicted octanol–water partition coefficient (Wildman–Crippen LogP) is 3.18. The molecule has 0 saturated heterocycles. The van der Waals surface area contributed by atoms with E-state index in [4.69, 9.17) is 9.47 Å². The number of carbonyl (C=O) groups is 1. The molecule has 0 saturated carbocycles. The number of fused-ring (bicyclic) bond motifs is 2.